The molecule has 1 aromatic carbocycles. The second-order valence-corrected chi connectivity index (χ2v) is 7.56. The summed E-state index contributed by atoms with van der Waals surface area (Å²) < 4.78 is 0. The first kappa shape index (κ1) is 16.8. The number of aromatic nitrogens is 2. The molecule has 0 aliphatic carbocycles. The van der Waals surface area contributed by atoms with Gasteiger partial charge in [0, 0.05) is 43.3 Å². The van der Waals surface area contributed by atoms with E-state index in [2.05, 4.69) is 53.0 Å². The van der Waals surface area contributed by atoms with Crippen molar-refractivity contribution in [2.24, 2.45) is 0 Å². The van der Waals surface area contributed by atoms with Crippen molar-refractivity contribution in [3.63, 3.8) is 0 Å². The van der Waals surface area contributed by atoms with E-state index in [0.29, 0.717) is 12.2 Å². The zero-order valence-corrected chi connectivity index (χ0v) is 15.3. The Labute approximate surface area is 153 Å². The molecule has 1 aliphatic heterocycles. The summed E-state index contributed by atoms with van der Waals surface area (Å²) in [4.78, 5) is 24.9. The second kappa shape index (κ2) is 6.57. The van der Waals surface area contributed by atoms with Crippen LogP contribution in [0.3, 0.4) is 0 Å². The third-order valence-corrected chi connectivity index (χ3v) is 5.21. The number of benzene rings is 1. The zero-order chi connectivity index (χ0) is 18.1. The van der Waals surface area contributed by atoms with Crippen LogP contribution in [0, 0.1) is 0 Å². The number of hydrogen-bond donors (Lipinski definition) is 1. The minimum absolute atomic E-state index is 0.00827. The van der Waals surface area contributed by atoms with Gasteiger partial charge in [0.25, 0.3) is 5.91 Å². The van der Waals surface area contributed by atoms with Gasteiger partial charge in [0.2, 0.25) is 0 Å². The lowest BCUT2D eigenvalue weighted by atomic mass is 9.97. The summed E-state index contributed by atoms with van der Waals surface area (Å²) in [6.45, 7) is 7.59. The van der Waals surface area contributed by atoms with Crippen LogP contribution < -0.4 is 0 Å². The van der Waals surface area contributed by atoms with Crippen molar-refractivity contribution in [1.82, 2.24) is 19.8 Å². The highest BCUT2D eigenvalue weighted by Crippen LogP contribution is 2.24. The molecule has 0 unspecified atom stereocenters. The summed E-state index contributed by atoms with van der Waals surface area (Å²) in [6, 6.07) is 16.2. The number of nitrogens with zero attached hydrogens (tertiary/aromatic N) is 3. The molecule has 1 saturated heterocycles. The van der Waals surface area contributed by atoms with E-state index in [-0.39, 0.29) is 11.4 Å². The molecule has 1 fully saturated rings. The minimum Gasteiger partial charge on any atom is -0.346 e. The molecule has 0 radical (unpaired) electrons. The number of amides is 1. The van der Waals surface area contributed by atoms with Gasteiger partial charge in [0.05, 0.1) is 0 Å². The number of fused-ring (bicyclic) bond motifs is 1. The van der Waals surface area contributed by atoms with Crippen molar-refractivity contribution in [2.45, 2.75) is 25.9 Å². The summed E-state index contributed by atoms with van der Waals surface area (Å²) in [5.74, 6) is 0.00827. The number of nitrogens with one attached hydrogen (secondary N) is 1. The van der Waals surface area contributed by atoms with Crippen LogP contribution in [-0.2, 0) is 6.54 Å². The fourth-order valence-electron chi connectivity index (χ4n) is 3.67. The van der Waals surface area contributed by atoms with Crippen LogP contribution in [0.5, 0.6) is 0 Å². The SMILES string of the molecule is CC1(C)CN(C(=O)c2ccc3cc[nH]c3n2)CCN1Cc1ccccc1. The molecular weight excluding hydrogens is 324 g/mol. The second-order valence-electron chi connectivity index (χ2n) is 7.56. The third kappa shape index (κ3) is 3.22. The van der Waals surface area contributed by atoms with Crippen molar-refractivity contribution in [3.05, 3.63) is 66.0 Å². The highest BCUT2D eigenvalue weighted by Gasteiger charge is 2.36. The summed E-state index contributed by atoms with van der Waals surface area (Å²) in [7, 11) is 0. The minimum atomic E-state index is -0.0831. The molecule has 3 aromatic rings. The van der Waals surface area contributed by atoms with Gasteiger partial charge in [0.1, 0.15) is 11.3 Å². The van der Waals surface area contributed by atoms with Gasteiger partial charge in [-0.25, -0.2) is 4.98 Å². The molecule has 134 valence electrons. The van der Waals surface area contributed by atoms with E-state index in [4.69, 9.17) is 0 Å². The Morgan fingerprint density at radius 1 is 1.12 bits per heavy atom. The van der Waals surface area contributed by atoms with Crippen molar-refractivity contribution in [1.29, 1.82) is 0 Å². The molecule has 26 heavy (non-hydrogen) atoms. The summed E-state index contributed by atoms with van der Waals surface area (Å²) in [5, 5.41) is 1.02. The van der Waals surface area contributed by atoms with Gasteiger partial charge >= 0.3 is 0 Å². The van der Waals surface area contributed by atoms with Crippen molar-refractivity contribution >= 4 is 16.9 Å². The van der Waals surface area contributed by atoms with Crippen LogP contribution in [0.1, 0.15) is 29.9 Å². The third-order valence-electron chi connectivity index (χ3n) is 5.21. The molecule has 3 heterocycles. The molecule has 0 bridgehead atoms. The van der Waals surface area contributed by atoms with Crippen LogP contribution >= 0.6 is 0 Å². The molecule has 1 aliphatic rings. The maximum absolute atomic E-state index is 12.9. The lowest BCUT2D eigenvalue weighted by Crippen LogP contribution is -2.60. The first-order chi connectivity index (χ1) is 12.5. The monoisotopic (exact) mass is 348 g/mol. The highest BCUT2D eigenvalue weighted by molar-refractivity contribution is 5.94. The molecule has 1 amide bonds. The Morgan fingerprint density at radius 2 is 1.92 bits per heavy atom. The fourth-order valence-corrected chi connectivity index (χ4v) is 3.67. The average Bonchev–Trinajstić information content (AvgIpc) is 3.11. The fraction of sp³-hybridized carbons (Fsp3) is 0.333. The van der Waals surface area contributed by atoms with Crippen molar-refractivity contribution in [2.75, 3.05) is 19.6 Å². The Kier molecular flexibility index (Phi) is 4.24. The molecular formula is C21H24N4O. The molecule has 5 nitrogen and oxygen atoms in total. The molecule has 0 saturated carbocycles. The number of pyridine rings is 1. The maximum atomic E-state index is 12.9. The van der Waals surface area contributed by atoms with E-state index in [1.54, 1.807) is 0 Å². The van der Waals surface area contributed by atoms with Gasteiger partial charge in [-0.05, 0) is 37.6 Å². The quantitative estimate of drug-likeness (QED) is 0.790. The van der Waals surface area contributed by atoms with Crippen LogP contribution in [0.2, 0.25) is 0 Å². The smallest absolute Gasteiger partial charge is 0.272 e. The number of aromatic amines is 1. The van der Waals surface area contributed by atoms with E-state index in [1.165, 1.54) is 5.56 Å². The lowest BCUT2D eigenvalue weighted by Gasteiger charge is -2.47. The summed E-state index contributed by atoms with van der Waals surface area (Å²) in [5.41, 5.74) is 2.49. The number of rotatable bonds is 3. The van der Waals surface area contributed by atoms with Gasteiger partial charge in [-0.3, -0.25) is 9.69 Å². The van der Waals surface area contributed by atoms with Crippen LogP contribution in [0.15, 0.2) is 54.7 Å². The summed E-state index contributed by atoms with van der Waals surface area (Å²) in [6.07, 6.45) is 1.84. The number of piperazine rings is 1. The van der Waals surface area contributed by atoms with E-state index in [1.807, 2.05) is 35.4 Å². The van der Waals surface area contributed by atoms with Gasteiger partial charge in [0.15, 0.2) is 0 Å². The molecule has 1 N–H and O–H groups in total. The normalized spacial score (nSPS) is 17.5. The number of carbonyl (C=O) groups excluding carboxylic acids is 1. The van der Waals surface area contributed by atoms with Crippen LogP contribution in [0.25, 0.3) is 11.0 Å². The van der Waals surface area contributed by atoms with Gasteiger partial charge in [-0.15, -0.1) is 0 Å². The number of carbonyl (C=O) groups is 1. The largest absolute Gasteiger partial charge is 0.346 e. The molecule has 0 spiro atoms. The van der Waals surface area contributed by atoms with E-state index < -0.39 is 0 Å². The standard InChI is InChI=1S/C21H24N4O/c1-21(2)15-24(12-13-25(21)14-16-6-4-3-5-7-16)20(26)18-9-8-17-10-11-22-19(17)23-18/h3-11H,12-15H2,1-2H3,(H,22,23). The number of hydrogen-bond acceptors (Lipinski definition) is 3. The van der Waals surface area contributed by atoms with E-state index in [9.17, 15) is 4.79 Å². The maximum Gasteiger partial charge on any atom is 0.272 e. The van der Waals surface area contributed by atoms with E-state index in [0.717, 1.165) is 30.7 Å². The Morgan fingerprint density at radius 3 is 2.69 bits per heavy atom. The van der Waals surface area contributed by atoms with Gasteiger partial charge in [-0.1, -0.05) is 30.3 Å². The lowest BCUT2D eigenvalue weighted by molar-refractivity contribution is 0.0136. The molecule has 0 atom stereocenters. The Hall–Kier alpha value is -2.66. The topological polar surface area (TPSA) is 52.2 Å². The predicted octanol–water partition coefficient (Wildman–Crippen LogP) is 3.30. The van der Waals surface area contributed by atoms with Crippen LogP contribution in [-0.4, -0.2) is 50.8 Å². The van der Waals surface area contributed by atoms with E-state index >= 15 is 0 Å². The van der Waals surface area contributed by atoms with Crippen LogP contribution in [0.4, 0.5) is 0 Å². The molecule has 5 heteroatoms. The highest BCUT2D eigenvalue weighted by atomic mass is 16.2. The summed E-state index contributed by atoms with van der Waals surface area (Å²) >= 11 is 0. The molecule has 2 aromatic heterocycles. The Balaban J connectivity index is 1.48. The van der Waals surface area contributed by atoms with Gasteiger partial charge in [-0.2, -0.15) is 0 Å². The van der Waals surface area contributed by atoms with Crippen molar-refractivity contribution in [3.8, 4) is 0 Å². The van der Waals surface area contributed by atoms with Crippen molar-refractivity contribution < 1.29 is 4.79 Å². The first-order valence-corrected chi connectivity index (χ1v) is 9.05. The predicted molar refractivity (Wildman–Crippen MR) is 103 cm³/mol. The zero-order valence-electron chi connectivity index (χ0n) is 15.3. The first-order valence-electron chi connectivity index (χ1n) is 9.05. The Bertz CT molecular complexity index is 916. The van der Waals surface area contributed by atoms with Gasteiger partial charge < -0.3 is 9.88 Å². The number of H-pyrrole nitrogens is 1. The average molecular weight is 348 g/mol. The molecule has 4 rings (SSSR count).